The quantitative estimate of drug-likeness (QED) is 0.286. The Labute approximate surface area is 187 Å². The van der Waals surface area contributed by atoms with E-state index in [2.05, 4.69) is 65.0 Å². The summed E-state index contributed by atoms with van der Waals surface area (Å²) in [5.41, 5.74) is 5.67. The second-order valence-electron chi connectivity index (χ2n) is 8.13. The van der Waals surface area contributed by atoms with E-state index in [1.165, 1.54) is 34.0 Å². The second kappa shape index (κ2) is 8.83. The van der Waals surface area contributed by atoms with E-state index in [9.17, 15) is 4.39 Å². The fourth-order valence-electron chi connectivity index (χ4n) is 4.35. The van der Waals surface area contributed by atoms with Crippen LogP contribution in [0.15, 0.2) is 85.1 Å². The summed E-state index contributed by atoms with van der Waals surface area (Å²) in [5.74, 6) is 0.568. The van der Waals surface area contributed by atoms with Crippen LogP contribution in [0.3, 0.4) is 0 Å². The van der Waals surface area contributed by atoms with Crippen molar-refractivity contribution in [3.8, 4) is 5.75 Å². The number of ether oxygens (including phenoxy) is 1. The molecule has 0 atom stereocenters. The van der Waals surface area contributed by atoms with Gasteiger partial charge in [0.2, 0.25) is 0 Å². The minimum Gasteiger partial charge on any atom is -0.489 e. The molecule has 0 radical (unpaired) electrons. The van der Waals surface area contributed by atoms with Crippen molar-refractivity contribution in [2.24, 2.45) is 0 Å². The molecule has 4 heteroatoms. The Balaban J connectivity index is 1.46. The molecule has 0 fully saturated rings. The molecule has 3 nitrogen and oxygen atoms in total. The third kappa shape index (κ3) is 4.09. The molecule has 0 aliphatic rings. The molecule has 0 unspecified atom stereocenters. The van der Waals surface area contributed by atoms with Gasteiger partial charge in [0.15, 0.2) is 0 Å². The van der Waals surface area contributed by atoms with Crippen molar-refractivity contribution in [2.75, 3.05) is 0 Å². The zero-order valence-corrected chi connectivity index (χ0v) is 18.1. The molecule has 2 aromatic heterocycles. The first kappa shape index (κ1) is 20.3. The number of nitrogens with zero attached hydrogens (tertiary/aromatic N) is 2. The summed E-state index contributed by atoms with van der Waals surface area (Å²) in [5, 5.41) is 2.43. The first-order valence-corrected chi connectivity index (χ1v) is 11.0. The van der Waals surface area contributed by atoms with Gasteiger partial charge in [-0.1, -0.05) is 42.5 Å². The molecule has 0 bridgehead atoms. The van der Waals surface area contributed by atoms with Gasteiger partial charge in [-0.2, -0.15) is 0 Å². The van der Waals surface area contributed by atoms with Crippen LogP contribution in [0, 0.1) is 12.7 Å². The van der Waals surface area contributed by atoms with Gasteiger partial charge in [0, 0.05) is 29.6 Å². The highest BCUT2D eigenvalue weighted by atomic mass is 19.1. The highest BCUT2D eigenvalue weighted by Crippen LogP contribution is 2.33. The van der Waals surface area contributed by atoms with Crippen molar-refractivity contribution in [1.82, 2.24) is 9.55 Å². The molecule has 0 aliphatic heterocycles. The minimum absolute atomic E-state index is 0.237. The van der Waals surface area contributed by atoms with Gasteiger partial charge >= 0.3 is 0 Å². The van der Waals surface area contributed by atoms with E-state index >= 15 is 0 Å². The lowest BCUT2D eigenvalue weighted by atomic mass is 10.1. The lowest BCUT2D eigenvalue weighted by Gasteiger charge is -2.11. The summed E-state index contributed by atoms with van der Waals surface area (Å²) < 4.78 is 21.6. The average Bonchev–Trinajstić information content (AvgIpc) is 3.14. The fraction of sp³-hybridized carbons (Fsp3) is 0.179. The maximum Gasteiger partial charge on any atom is 0.123 e. The Bertz CT molecular complexity index is 1360. The van der Waals surface area contributed by atoms with Crippen LogP contribution >= 0.6 is 0 Å². The number of halogens is 1. The largest absolute Gasteiger partial charge is 0.489 e. The summed E-state index contributed by atoms with van der Waals surface area (Å²) in [6.07, 6.45) is 3.95. The predicted octanol–water partition coefficient (Wildman–Crippen LogP) is 6.85. The fourth-order valence-corrected chi connectivity index (χ4v) is 4.35. The number of pyridine rings is 1. The molecule has 0 N–H and O–H groups in total. The van der Waals surface area contributed by atoms with Gasteiger partial charge in [0.05, 0.1) is 16.7 Å². The van der Waals surface area contributed by atoms with Gasteiger partial charge in [0.1, 0.15) is 18.2 Å². The van der Waals surface area contributed by atoms with Gasteiger partial charge in [-0.3, -0.25) is 4.98 Å². The Kier molecular flexibility index (Phi) is 5.59. The molecule has 32 heavy (non-hydrogen) atoms. The van der Waals surface area contributed by atoms with Crippen LogP contribution in [0.2, 0.25) is 0 Å². The number of aryl methyl sites for hydroxylation is 3. The van der Waals surface area contributed by atoms with E-state index in [1.807, 2.05) is 12.3 Å². The maximum absolute atomic E-state index is 13.2. The topological polar surface area (TPSA) is 27.1 Å². The molecule has 0 aliphatic carbocycles. The molecule has 0 amide bonds. The van der Waals surface area contributed by atoms with E-state index in [-0.39, 0.29) is 5.82 Å². The highest BCUT2D eigenvalue weighted by molar-refractivity contribution is 6.09. The van der Waals surface area contributed by atoms with E-state index < -0.39 is 0 Å². The zero-order chi connectivity index (χ0) is 21.9. The van der Waals surface area contributed by atoms with Crippen molar-refractivity contribution < 1.29 is 9.13 Å². The van der Waals surface area contributed by atoms with Crippen LogP contribution in [-0.4, -0.2) is 9.55 Å². The van der Waals surface area contributed by atoms with E-state index in [1.54, 1.807) is 12.1 Å². The van der Waals surface area contributed by atoms with Crippen LogP contribution in [0.4, 0.5) is 4.39 Å². The minimum atomic E-state index is -0.237. The number of hydrogen-bond acceptors (Lipinski definition) is 2. The van der Waals surface area contributed by atoms with E-state index in [0.29, 0.717) is 6.61 Å². The number of fused-ring (bicyclic) bond motifs is 3. The number of benzene rings is 3. The van der Waals surface area contributed by atoms with Gasteiger partial charge in [-0.15, -0.1) is 0 Å². The first-order chi connectivity index (χ1) is 15.7. The van der Waals surface area contributed by atoms with E-state index in [0.717, 1.165) is 41.9 Å². The molecule has 0 spiro atoms. The maximum atomic E-state index is 13.2. The summed E-state index contributed by atoms with van der Waals surface area (Å²) in [6.45, 7) is 3.38. The number of rotatable bonds is 7. The van der Waals surface area contributed by atoms with Crippen LogP contribution < -0.4 is 4.74 Å². The van der Waals surface area contributed by atoms with Crippen LogP contribution in [0.5, 0.6) is 5.75 Å². The SMILES string of the molecule is Cc1nccc2c3ccc(OCc4ccc(F)cc4)cc3n(CCCc3ccccc3)c12. The molecule has 0 saturated carbocycles. The molecule has 2 heterocycles. The normalized spacial score (nSPS) is 11.3. The van der Waals surface area contributed by atoms with Crippen LogP contribution in [0.25, 0.3) is 21.8 Å². The first-order valence-electron chi connectivity index (χ1n) is 11.0. The monoisotopic (exact) mass is 424 g/mol. The van der Waals surface area contributed by atoms with Crippen LogP contribution in [-0.2, 0) is 19.6 Å². The molecular weight excluding hydrogens is 399 g/mol. The standard InChI is InChI=1S/C28H25FN2O/c1-20-28-26(15-16-30-20)25-14-13-24(32-19-22-9-11-23(29)12-10-22)18-27(25)31(28)17-5-8-21-6-3-2-4-7-21/h2-4,6-7,9-16,18H,5,8,17,19H2,1H3. The Morgan fingerprint density at radius 1 is 0.875 bits per heavy atom. The van der Waals surface area contributed by atoms with Crippen molar-refractivity contribution in [1.29, 1.82) is 0 Å². The van der Waals surface area contributed by atoms with Gasteiger partial charge < -0.3 is 9.30 Å². The molecule has 0 saturated heterocycles. The van der Waals surface area contributed by atoms with Crippen molar-refractivity contribution in [3.05, 3.63) is 108 Å². The molecule has 3 aromatic carbocycles. The van der Waals surface area contributed by atoms with Crippen molar-refractivity contribution in [3.63, 3.8) is 0 Å². The number of hydrogen-bond donors (Lipinski definition) is 0. The molecule has 5 aromatic rings. The predicted molar refractivity (Wildman–Crippen MR) is 127 cm³/mol. The molecule has 5 rings (SSSR count). The summed E-state index contributed by atoms with van der Waals surface area (Å²) in [6, 6.07) is 25.4. The third-order valence-electron chi connectivity index (χ3n) is 5.94. The Morgan fingerprint density at radius 2 is 1.69 bits per heavy atom. The zero-order valence-electron chi connectivity index (χ0n) is 18.1. The lowest BCUT2D eigenvalue weighted by molar-refractivity contribution is 0.306. The van der Waals surface area contributed by atoms with Crippen molar-refractivity contribution in [2.45, 2.75) is 32.9 Å². The van der Waals surface area contributed by atoms with Gasteiger partial charge in [-0.05, 0) is 61.2 Å². The van der Waals surface area contributed by atoms with Crippen LogP contribution in [0.1, 0.15) is 23.2 Å². The summed E-state index contributed by atoms with van der Waals surface area (Å²) >= 11 is 0. The smallest absolute Gasteiger partial charge is 0.123 e. The molecular formula is C28H25FN2O. The van der Waals surface area contributed by atoms with E-state index in [4.69, 9.17) is 4.74 Å². The number of aromatic nitrogens is 2. The van der Waals surface area contributed by atoms with Gasteiger partial charge in [0.25, 0.3) is 0 Å². The van der Waals surface area contributed by atoms with Gasteiger partial charge in [-0.25, -0.2) is 4.39 Å². The van der Waals surface area contributed by atoms with Crippen molar-refractivity contribution >= 4 is 21.8 Å². The second-order valence-corrected chi connectivity index (χ2v) is 8.13. The molecule has 160 valence electrons. The average molecular weight is 425 g/mol. The third-order valence-corrected chi connectivity index (χ3v) is 5.94. The Morgan fingerprint density at radius 3 is 2.50 bits per heavy atom. The Hall–Kier alpha value is -3.66. The summed E-state index contributed by atoms with van der Waals surface area (Å²) in [4.78, 5) is 4.55. The lowest BCUT2D eigenvalue weighted by Crippen LogP contribution is -2.02. The summed E-state index contributed by atoms with van der Waals surface area (Å²) in [7, 11) is 0. The highest BCUT2D eigenvalue weighted by Gasteiger charge is 2.14.